The maximum atomic E-state index is 3.73. The van der Waals surface area contributed by atoms with Crippen LogP contribution in [0.4, 0.5) is 0 Å². The Kier molecular flexibility index (Phi) is 6.65. The van der Waals surface area contributed by atoms with Crippen LogP contribution in [-0.4, -0.2) is 36.6 Å². The van der Waals surface area contributed by atoms with Gasteiger partial charge in [0, 0.05) is 12.1 Å². The molecule has 2 unspecified atom stereocenters. The summed E-state index contributed by atoms with van der Waals surface area (Å²) in [4.78, 5) is 2.74. The minimum absolute atomic E-state index is 0.524. The van der Waals surface area contributed by atoms with Gasteiger partial charge in [0.1, 0.15) is 0 Å². The molecule has 1 aliphatic carbocycles. The molecule has 0 bridgehead atoms. The lowest BCUT2D eigenvalue weighted by molar-refractivity contribution is 0.0651. The highest BCUT2D eigenvalue weighted by Gasteiger charge is 2.36. The molecule has 18 heavy (non-hydrogen) atoms. The van der Waals surface area contributed by atoms with Gasteiger partial charge < -0.3 is 5.32 Å². The van der Waals surface area contributed by atoms with Crippen molar-refractivity contribution in [3.05, 3.63) is 0 Å². The van der Waals surface area contributed by atoms with Crippen molar-refractivity contribution in [3.8, 4) is 0 Å². The fraction of sp³-hybridized carbons (Fsp3) is 1.00. The van der Waals surface area contributed by atoms with E-state index in [9.17, 15) is 0 Å². The van der Waals surface area contributed by atoms with Crippen LogP contribution in [0.1, 0.15) is 66.7 Å². The number of rotatable bonds is 7. The highest BCUT2D eigenvalue weighted by atomic mass is 15.2. The van der Waals surface area contributed by atoms with Crippen LogP contribution in [0.15, 0.2) is 0 Å². The predicted octanol–water partition coefficient (Wildman–Crippen LogP) is 3.67. The molecule has 0 spiro atoms. The first-order valence-electron chi connectivity index (χ1n) is 8.01. The van der Waals surface area contributed by atoms with Gasteiger partial charge in [-0.25, -0.2) is 0 Å². The number of likely N-dealkylation sites (N-methyl/N-ethyl adjacent to an activating group) is 1. The molecule has 0 amide bonds. The normalized spacial score (nSPS) is 27.7. The first kappa shape index (κ1) is 16.0. The molecule has 1 saturated carbocycles. The number of hydrogen-bond acceptors (Lipinski definition) is 2. The maximum absolute atomic E-state index is 3.73. The molecular weight excluding hydrogens is 220 g/mol. The molecule has 0 saturated heterocycles. The molecule has 0 radical (unpaired) electrons. The summed E-state index contributed by atoms with van der Waals surface area (Å²) in [6, 6.07) is 1.45. The molecule has 2 nitrogen and oxygen atoms in total. The van der Waals surface area contributed by atoms with Gasteiger partial charge in [-0.15, -0.1) is 0 Å². The van der Waals surface area contributed by atoms with Gasteiger partial charge in [0.2, 0.25) is 0 Å². The van der Waals surface area contributed by atoms with Crippen LogP contribution >= 0.6 is 0 Å². The Morgan fingerprint density at radius 3 is 2.22 bits per heavy atom. The third-order valence-electron chi connectivity index (χ3n) is 4.32. The minimum Gasteiger partial charge on any atom is -0.313 e. The van der Waals surface area contributed by atoms with Gasteiger partial charge in [0.15, 0.2) is 0 Å². The number of nitrogens with one attached hydrogen (secondary N) is 1. The van der Waals surface area contributed by atoms with E-state index in [4.69, 9.17) is 0 Å². The largest absolute Gasteiger partial charge is 0.313 e. The molecule has 2 atom stereocenters. The van der Waals surface area contributed by atoms with Gasteiger partial charge in [-0.3, -0.25) is 4.90 Å². The summed E-state index contributed by atoms with van der Waals surface area (Å²) in [6.07, 6.45) is 6.61. The summed E-state index contributed by atoms with van der Waals surface area (Å²) in [7, 11) is 0. The van der Waals surface area contributed by atoms with E-state index < -0.39 is 0 Å². The molecule has 1 aliphatic rings. The van der Waals surface area contributed by atoms with Crippen molar-refractivity contribution in [1.82, 2.24) is 10.2 Å². The monoisotopic (exact) mass is 254 g/mol. The van der Waals surface area contributed by atoms with Gasteiger partial charge >= 0.3 is 0 Å². The van der Waals surface area contributed by atoms with Crippen LogP contribution in [0, 0.1) is 5.41 Å². The molecule has 0 aliphatic heterocycles. The second-order valence-electron chi connectivity index (χ2n) is 6.67. The van der Waals surface area contributed by atoms with Crippen molar-refractivity contribution >= 4 is 0 Å². The molecule has 2 heteroatoms. The predicted molar refractivity (Wildman–Crippen MR) is 81.0 cm³/mol. The zero-order valence-corrected chi connectivity index (χ0v) is 13.3. The number of nitrogens with zero attached hydrogens (tertiary/aromatic N) is 1. The zero-order chi connectivity index (χ0) is 13.6. The summed E-state index contributed by atoms with van der Waals surface area (Å²) in [5.74, 6) is 0. The van der Waals surface area contributed by atoms with Crippen LogP contribution < -0.4 is 5.32 Å². The molecule has 108 valence electrons. The van der Waals surface area contributed by atoms with E-state index in [1.807, 2.05) is 0 Å². The summed E-state index contributed by atoms with van der Waals surface area (Å²) in [6.45, 7) is 15.4. The van der Waals surface area contributed by atoms with Crippen molar-refractivity contribution in [1.29, 1.82) is 0 Å². The average molecular weight is 254 g/mol. The summed E-state index contributed by atoms with van der Waals surface area (Å²) in [5.41, 5.74) is 0.524. The fourth-order valence-electron chi connectivity index (χ4n) is 3.45. The van der Waals surface area contributed by atoms with Crippen LogP contribution in [0.5, 0.6) is 0 Å². The first-order chi connectivity index (χ1) is 8.54. The Morgan fingerprint density at radius 2 is 1.72 bits per heavy atom. The van der Waals surface area contributed by atoms with E-state index >= 15 is 0 Å². The molecule has 1 fully saturated rings. The van der Waals surface area contributed by atoms with Crippen LogP contribution in [0.25, 0.3) is 0 Å². The van der Waals surface area contributed by atoms with Crippen molar-refractivity contribution in [3.63, 3.8) is 0 Å². The third kappa shape index (κ3) is 4.55. The van der Waals surface area contributed by atoms with Crippen molar-refractivity contribution in [2.75, 3.05) is 19.6 Å². The van der Waals surface area contributed by atoms with Crippen molar-refractivity contribution in [2.24, 2.45) is 5.41 Å². The topological polar surface area (TPSA) is 15.3 Å². The van der Waals surface area contributed by atoms with Crippen LogP contribution in [-0.2, 0) is 0 Å². The maximum Gasteiger partial charge on any atom is 0.0254 e. The Bertz CT molecular complexity index is 219. The molecule has 1 N–H and O–H groups in total. The van der Waals surface area contributed by atoms with E-state index in [1.54, 1.807) is 0 Å². The first-order valence-corrected chi connectivity index (χ1v) is 8.01. The lowest BCUT2D eigenvalue weighted by Gasteiger charge is -2.46. The fourth-order valence-corrected chi connectivity index (χ4v) is 3.45. The van der Waals surface area contributed by atoms with E-state index in [2.05, 4.69) is 44.8 Å². The lowest BCUT2D eigenvalue weighted by Crippen LogP contribution is -2.55. The Morgan fingerprint density at radius 1 is 1.11 bits per heavy atom. The van der Waals surface area contributed by atoms with Crippen molar-refractivity contribution < 1.29 is 0 Å². The Labute approximate surface area is 115 Å². The highest BCUT2D eigenvalue weighted by molar-refractivity contribution is 4.94. The second-order valence-corrected chi connectivity index (χ2v) is 6.67. The second kappa shape index (κ2) is 7.49. The summed E-state index contributed by atoms with van der Waals surface area (Å²) < 4.78 is 0. The molecule has 1 rings (SSSR count). The van der Waals surface area contributed by atoms with Gasteiger partial charge in [-0.2, -0.15) is 0 Å². The van der Waals surface area contributed by atoms with Crippen molar-refractivity contribution in [2.45, 2.75) is 78.8 Å². The van der Waals surface area contributed by atoms with Crippen LogP contribution in [0.3, 0.4) is 0 Å². The van der Waals surface area contributed by atoms with Crippen LogP contribution in [0.2, 0.25) is 0 Å². The van der Waals surface area contributed by atoms with Gasteiger partial charge in [0.05, 0.1) is 0 Å². The van der Waals surface area contributed by atoms with E-state index in [0.29, 0.717) is 11.5 Å². The zero-order valence-electron chi connectivity index (χ0n) is 13.3. The summed E-state index contributed by atoms with van der Waals surface area (Å²) in [5, 5.41) is 3.73. The quantitative estimate of drug-likeness (QED) is 0.746. The summed E-state index contributed by atoms with van der Waals surface area (Å²) >= 11 is 0. The molecule has 0 heterocycles. The number of hydrogen-bond donors (Lipinski definition) is 1. The smallest absolute Gasteiger partial charge is 0.0254 e. The minimum atomic E-state index is 0.524. The molecule has 0 aromatic rings. The lowest BCUT2D eigenvalue weighted by atomic mass is 9.72. The van der Waals surface area contributed by atoms with E-state index in [-0.39, 0.29) is 0 Å². The van der Waals surface area contributed by atoms with Gasteiger partial charge in [-0.1, -0.05) is 34.6 Å². The Hall–Kier alpha value is -0.0800. The average Bonchev–Trinajstić information content (AvgIpc) is 2.31. The van der Waals surface area contributed by atoms with E-state index in [0.717, 1.165) is 12.6 Å². The molecular formula is C16H34N2. The van der Waals surface area contributed by atoms with Gasteiger partial charge in [0.25, 0.3) is 0 Å². The molecule has 0 aromatic heterocycles. The van der Waals surface area contributed by atoms with Gasteiger partial charge in [-0.05, 0) is 57.2 Å². The third-order valence-corrected chi connectivity index (χ3v) is 4.32. The Balaban J connectivity index is 2.73. The highest BCUT2D eigenvalue weighted by Crippen LogP contribution is 2.37. The van der Waals surface area contributed by atoms with E-state index in [1.165, 1.54) is 45.2 Å². The standard InChI is InChI=1S/C16H34N2/c1-6-11-18(12-7-2)15-13-16(4,5)10-9-14(15)17-8-3/h14-15,17H,6-13H2,1-5H3. The SMILES string of the molecule is CCCN(CCC)C1CC(C)(C)CCC1NCC. The molecule has 0 aromatic carbocycles.